The first-order valence-electron chi connectivity index (χ1n) is 6.93. The number of nitrogens with zero attached hydrogens (tertiary/aromatic N) is 1. The van der Waals surface area contributed by atoms with E-state index in [1.165, 1.54) is 0 Å². The quantitative estimate of drug-likeness (QED) is 0.402. The molecule has 0 aromatic rings. The molecule has 124 valence electrons. The Labute approximate surface area is 127 Å². The second-order valence-corrected chi connectivity index (χ2v) is 5.99. The van der Waals surface area contributed by atoms with Gasteiger partial charge in [0.25, 0.3) is 11.8 Å². The van der Waals surface area contributed by atoms with Crippen LogP contribution in [0.5, 0.6) is 0 Å². The van der Waals surface area contributed by atoms with Gasteiger partial charge in [-0.2, -0.15) is 5.06 Å². The average Bonchev–Trinajstić information content (AvgIpc) is 2.35. The first kappa shape index (κ1) is 17.9. The molecule has 0 aromatic heterocycles. The molecular weight excluding hydrogens is 294 g/mol. The summed E-state index contributed by atoms with van der Waals surface area (Å²) in [7, 11) is 0. The van der Waals surface area contributed by atoms with E-state index in [2.05, 4.69) is 0 Å². The van der Waals surface area contributed by atoms with Gasteiger partial charge in [-0.15, -0.1) is 0 Å². The molecule has 0 spiro atoms. The molecule has 1 heterocycles. The molecule has 0 atom stereocenters. The van der Waals surface area contributed by atoms with Gasteiger partial charge in [0.2, 0.25) is 5.54 Å². The van der Waals surface area contributed by atoms with Crippen molar-refractivity contribution in [2.24, 2.45) is 0 Å². The van der Waals surface area contributed by atoms with E-state index in [0.717, 1.165) is 0 Å². The zero-order valence-electron chi connectivity index (χ0n) is 13.1. The molecule has 0 aromatic carbocycles. The maximum Gasteiger partial charge on any atom is 0.435 e. The van der Waals surface area contributed by atoms with Crippen molar-refractivity contribution >= 4 is 23.9 Å². The highest BCUT2D eigenvalue weighted by atomic mass is 16.6. The number of imide groups is 2. The number of ether oxygens (including phenoxy) is 1. The average molecular weight is 315 g/mol. The Morgan fingerprint density at radius 1 is 1.23 bits per heavy atom. The maximum absolute atomic E-state index is 12.2. The van der Waals surface area contributed by atoms with E-state index in [1.807, 2.05) is 17.6 Å². The zero-order chi connectivity index (χ0) is 17.1. The Bertz CT molecular complexity index is 476. The van der Waals surface area contributed by atoms with E-state index in [1.54, 1.807) is 20.8 Å². The molecule has 9 heteroatoms. The van der Waals surface area contributed by atoms with Crippen molar-refractivity contribution in [1.29, 1.82) is 0 Å². The van der Waals surface area contributed by atoms with E-state index >= 15 is 0 Å². The Morgan fingerprint density at radius 2 is 1.73 bits per heavy atom. The lowest BCUT2D eigenvalue weighted by atomic mass is 9.88. The summed E-state index contributed by atoms with van der Waals surface area (Å²) < 4.78 is 4.97. The van der Waals surface area contributed by atoms with Crippen LogP contribution in [0.4, 0.5) is 9.59 Å². The highest BCUT2D eigenvalue weighted by Gasteiger charge is 2.57. The summed E-state index contributed by atoms with van der Waals surface area (Å²) in [5, 5.41) is 13.9. The fourth-order valence-electron chi connectivity index (χ4n) is 1.97. The number of hydrogen-bond acceptors (Lipinski definition) is 6. The normalized spacial score (nSPS) is 17.6. The van der Waals surface area contributed by atoms with Crippen LogP contribution in [0.15, 0.2) is 0 Å². The fourth-order valence-corrected chi connectivity index (χ4v) is 1.97. The van der Waals surface area contributed by atoms with Gasteiger partial charge in [-0.3, -0.25) is 25.4 Å². The Morgan fingerprint density at radius 3 is 2.14 bits per heavy atom. The van der Waals surface area contributed by atoms with Gasteiger partial charge in [-0.1, -0.05) is 19.8 Å². The fraction of sp³-hybridized carbons (Fsp3) is 0.692. The summed E-state index contributed by atoms with van der Waals surface area (Å²) in [6.07, 6.45) is -0.416. The summed E-state index contributed by atoms with van der Waals surface area (Å²) in [6.45, 7) is 6.53. The van der Waals surface area contributed by atoms with Crippen molar-refractivity contribution in [2.45, 2.75) is 58.1 Å². The van der Waals surface area contributed by atoms with Crippen LogP contribution in [-0.4, -0.2) is 45.3 Å². The largest absolute Gasteiger partial charge is 0.442 e. The molecule has 1 aliphatic rings. The third-order valence-electron chi connectivity index (χ3n) is 3.03. The van der Waals surface area contributed by atoms with Gasteiger partial charge >= 0.3 is 12.1 Å². The molecule has 3 N–H and O–H groups in total. The zero-order valence-corrected chi connectivity index (χ0v) is 13.1. The lowest BCUT2D eigenvalue weighted by Gasteiger charge is -2.39. The molecule has 0 bridgehead atoms. The summed E-state index contributed by atoms with van der Waals surface area (Å²) in [5.74, 6) is -2.13. The van der Waals surface area contributed by atoms with Gasteiger partial charge in [-0.25, -0.2) is 9.59 Å². The minimum atomic E-state index is -2.23. The van der Waals surface area contributed by atoms with E-state index < -0.39 is 35.1 Å². The highest BCUT2D eigenvalue weighted by Crippen LogP contribution is 2.26. The Balaban J connectivity index is 3.15. The standard InChI is InChI=1S/C13H21N3O6/c1-5-6-7-13(8(17)14-10(19)15-9(13)18)16(21)11(20)22-12(2,3)4/h21H,5-7H2,1-4H3,(H2,14,15,17,18,19). The van der Waals surface area contributed by atoms with Crippen LogP contribution >= 0.6 is 0 Å². The number of carbonyl (C=O) groups is 4. The molecular formula is C13H21N3O6. The van der Waals surface area contributed by atoms with Crippen LogP contribution in [0.2, 0.25) is 0 Å². The summed E-state index contributed by atoms with van der Waals surface area (Å²) in [5.41, 5.74) is -3.16. The number of rotatable bonds is 4. The smallest absolute Gasteiger partial charge is 0.435 e. The predicted molar refractivity (Wildman–Crippen MR) is 73.8 cm³/mol. The predicted octanol–water partition coefficient (Wildman–Crippen LogP) is 0.908. The van der Waals surface area contributed by atoms with Crippen LogP contribution in [0.3, 0.4) is 0 Å². The van der Waals surface area contributed by atoms with Gasteiger partial charge in [0, 0.05) is 0 Å². The van der Waals surface area contributed by atoms with Gasteiger partial charge in [-0.05, 0) is 27.2 Å². The monoisotopic (exact) mass is 315 g/mol. The molecule has 0 aliphatic carbocycles. The molecule has 1 fully saturated rings. The molecule has 5 amide bonds. The van der Waals surface area contributed by atoms with Gasteiger partial charge in [0.15, 0.2) is 0 Å². The number of barbiturate groups is 1. The van der Waals surface area contributed by atoms with E-state index in [4.69, 9.17) is 4.74 Å². The number of unbranched alkanes of at least 4 members (excludes halogenated alkanes) is 1. The minimum absolute atomic E-state index is 0.0367. The SMILES string of the molecule is CCCCC1(N(O)C(=O)OC(C)(C)C)C(=O)NC(=O)NC1=O. The van der Waals surface area contributed by atoms with Crippen molar-refractivity contribution in [2.75, 3.05) is 0 Å². The molecule has 0 radical (unpaired) electrons. The molecule has 1 rings (SSSR count). The van der Waals surface area contributed by atoms with Crippen LogP contribution in [0.25, 0.3) is 0 Å². The molecule has 0 unspecified atom stereocenters. The van der Waals surface area contributed by atoms with Crippen LogP contribution < -0.4 is 10.6 Å². The first-order chi connectivity index (χ1) is 10.0. The lowest BCUT2D eigenvalue weighted by molar-refractivity contribution is -0.184. The van der Waals surface area contributed by atoms with Gasteiger partial charge in [0.05, 0.1) is 0 Å². The summed E-state index contributed by atoms with van der Waals surface area (Å²) in [4.78, 5) is 47.5. The molecule has 1 saturated heterocycles. The third-order valence-corrected chi connectivity index (χ3v) is 3.03. The number of carbonyl (C=O) groups excluding carboxylic acids is 4. The van der Waals surface area contributed by atoms with Crippen molar-refractivity contribution in [3.05, 3.63) is 0 Å². The van der Waals surface area contributed by atoms with E-state index in [9.17, 15) is 24.4 Å². The number of nitrogens with one attached hydrogen (secondary N) is 2. The highest BCUT2D eigenvalue weighted by molar-refractivity contribution is 6.23. The van der Waals surface area contributed by atoms with Gasteiger partial charge in [0.1, 0.15) is 5.60 Å². The lowest BCUT2D eigenvalue weighted by Crippen LogP contribution is -2.73. The number of hydrogen-bond donors (Lipinski definition) is 3. The van der Waals surface area contributed by atoms with Crippen LogP contribution in [-0.2, 0) is 14.3 Å². The molecule has 0 saturated carbocycles. The summed E-state index contributed by atoms with van der Waals surface area (Å²) >= 11 is 0. The summed E-state index contributed by atoms with van der Waals surface area (Å²) in [6, 6.07) is -1.00. The van der Waals surface area contributed by atoms with Crippen molar-refractivity contribution in [1.82, 2.24) is 15.7 Å². The van der Waals surface area contributed by atoms with E-state index in [0.29, 0.717) is 12.8 Å². The Kier molecular flexibility index (Phi) is 5.13. The Hall–Kier alpha value is -2.16. The molecule has 22 heavy (non-hydrogen) atoms. The second kappa shape index (κ2) is 6.30. The number of hydroxylamine groups is 2. The van der Waals surface area contributed by atoms with Crippen molar-refractivity contribution in [3.8, 4) is 0 Å². The minimum Gasteiger partial charge on any atom is -0.442 e. The first-order valence-corrected chi connectivity index (χ1v) is 6.93. The maximum atomic E-state index is 12.2. The number of amides is 5. The second-order valence-electron chi connectivity index (χ2n) is 5.99. The van der Waals surface area contributed by atoms with Crippen LogP contribution in [0.1, 0.15) is 47.0 Å². The molecule has 9 nitrogen and oxygen atoms in total. The third kappa shape index (κ3) is 3.53. The molecule has 1 aliphatic heterocycles. The van der Waals surface area contributed by atoms with Crippen molar-refractivity contribution < 1.29 is 29.1 Å². The van der Waals surface area contributed by atoms with Crippen molar-refractivity contribution in [3.63, 3.8) is 0 Å². The topological polar surface area (TPSA) is 125 Å². The van der Waals surface area contributed by atoms with Crippen LogP contribution in [0, 0.1) is 0 Å². The number of urea groups is 1. The van der Waals surface area contributed by atoms with E-state index in [-0.39, 0.29) is 11.5 Å². The van der Waals surface area contributed by atoms with Gasteiger partial charge < -0.3 is 4.74 Å².